The molecule has 0 fully saturated rings. The first-order valence-corrected chi connectivity index (χ1v) is 15.3. The fourth-order valence-corrected chi connectivity index (χ4v) is 7.13. The SMILES string of the molecule is c1cc(-c2ccc3ccccc3c2)cc(-c2c3ccccc3c(-c3ccc4ccc5ccccc5c4c3)c3ccccc23)c1. The zero-order chi connectivity index (χ0) is 29.0. The highest BCUT2D eigenvalue weighted by Crippen LogP contribution is 2.45. The van der Waals surface area contributed by atoms with Gasteiger partial charge in [-0.05, 0) is 105 Å². The van der Waals surface area contributed by atoms with Gasteiger partial charge in [0.25, 0.3) is 0 Å². The summed E-state index contributed by atoms with van der Waals surface area (Å²) in [5.74, 6) is 0. The van der Waals surface area contributed by atoms with Crippen LogP contribution in [0, 0.1) is 0 Å². The van der Waals surface area contributed by atoms with Crippen molar-refractivity contribution in [1.82, 2.24) is 0 Å². The van der Waals surface area contributed by atoms with Gasteiger partial charge in [-0.2, -0.15) is 0 Å². The molecule has 204 valence electrons. The molecule has 0 aliphatic heterocycles. The molecular formula is C44H28. The maximum absolute atomic E-state index is 2.39. The molecule has 0 radical (unpaired) electrons. The molecule has 9 aromatic rings. The van der Waals surface area contributed by atoms with Crippen LogP contribution in [0.2, 0.25) is 0 Å². The van der Waals surface area contributed by atoms with Crippen molar-refractivity contribution >= 4 is 53.9 Å². The van der Waals surface area contributed by atoms with Gasteiger partial charge in [-0.3, -0.25) is 0 Å². The highest BCUT2D eigenvalue weighted by Gasteiger charge is 2.17. The van der Waals surface area contributed by atoms with Gasteiger partial charge < -0.3 is 0 Å². The molecule has 9 rings (SSSR count). The number of hydrogen-bond donors (Lipinski definition) is 0. The Morgan fingerprint density at radius 3 is 1.32 bits per heavy atom. The molecule has 44 heavy (non-hydrogen) atoms. The maximum atomic E-state index is 2.39. The summed E-state index contributed by atoms with van der Waals surface area (Å²) in [5.41, 5.74) is 7.53. The van der Waals surface area contributed by atoms with E-state index in [1.54, 1.807) is 0 Å². The first-order chi connectivity index (χ1) is 21.8. The van der Waals surface area contributed by atoms with E-state index in [1.165, 1.54) is 87.2 Å². The van der Waals surface area contributed by atoms with Crippen LogP contribution in [0.1, 0.15) is 0 Å². The molecular weight excluding hydrogens is 528 g/mol. The standard InChI is InChI=1S/C44H28/c1-2-12-32-26-34(24-20-29(32)10-1)33-13-9-14-35(27-33)43-38-16-5-7-18-40(38)44(41-19-8-6-17-39(41)43)36-25-23-31-22-21-30-11-3-4-15-37(30)42(31)28-36/h1-28H. The minimum absolute atomic E-state index is 1.23. The third-order valence-electron chi connectivity index (χ3n) is 9.20. The van der Waals surface area contributed by atoms with E-state index in [9.17, 15) is 0 Å². The molecule has 0 saturated heterocycles. The van der Waals surface area contributed by atoms with Crippen molar-refractivity contribution in [2.45, 2.75) is 0 Å². The topological polar surface area (TPSA) is 0 Å². The third kappa shape index (κ3) is 3.92. The summed E-state index contributed by atoms with van der Waals surface area (Å²) in [6.07, 6.45) is 0. The largest absolute Gasteiger partial charge is 0.0616 e. The van der Waals surface area contributed by atoms with Crippen LogP contribution in [0.5, 0.6) is 0 Å². The molecule has 0 aromatic heterocycles. The van der Waals surface area contributed by atoms with E-state index in [2.05, 4.69) is 170 Å². The van der Waals surface area contributed by atoms with Crippen LogP contribution in [0.15, 0.2) is 170 Å². The fraction of sp³-hybridized carbons (Fsp3) is 0. The zero-order valence-corrected chi connectivity index (χ0v) is 24.2. The highest BCUT2D eigenvalue weighted by molar-refractivity contribution is 6.22. The molecule has 0 saturated carbocycles. The Bertz CT molecular complexity index is 2490. The van der Waals surface area contributed by atoms with Gasteiger partial charge in [0.15, 0.2) is 0 Å². The van der Waals surface area contributed by atoms with E-state index < -0.39 is 0 Å². The Balaban J connectivity index is 1.30. The monoisotopic (exact) mass is 556 g/mol. The molecule has 0 atom stereocenters. The van der Waals surface area contributed by atoms with Crippen LogP contribution < -0.4 is 0 Å². The van der Waals surface area contributed by atoms with E-state index in [0.29, 0.717) is 0 Å². The summed E-state index contributed by atoms with van der Waals surface area (Å²) in [7, 11) is 0. The molecule has 0 bridgehead atoms. The van der Waals surface area contributed by atoms with Crippen LogP contribution >= 0.6 is 0 Å². The van der Waals surface area contributed by atoms with Crippen molar-refractivity contribution in [1.29, 1.82) is 0 Å². The van der Waals surface area contributed by atoms with Crippen LogP contribution in [0.25, 0.3) is 87.2 Å². The summed E-state index contributed by atoms with van der Waals surface area (Å²) < 4.78 is 0. The van der Waals surface area contributed by atoms with Gasteiger partial charge in [0.1, 0.15) is 0 Å². The molecule has 0 amide bonds. The molecule has 0 unspecified atom stereocenters. The summed E-state index contributed by atoms with van der Waals surface area (Å²) in [6.45, 7) is 0. The summed E-state index contributed by atoms with van der Waals surface area (Å²) in [4.78, 5) is 0. The van der Waals surface area contributed by atoms with Crippen molar-refractivity contribution in [2.24, 2.45) is 0 Å². The van der Waals surface area contributed by atoms with Gasteiger partial charge in [-0.1, -0.05) is 152 Å². The quantitative estimate of drug-likeness (QED) is 0.150. The lowest BCUT2D eigenvalue weighted by molar-refractivity contribution is 1.63. The fourth-order valence-electron chi connectivity index (χ4n) is 7.13. The van der Waals surface area contributed by atoms with Crippen molar-refractivity contribution in [3.63, 3.8) is 0 Å². The van der Waals surface area contributed by atoms with Crippen molar-refractivity contribution in [2.75, 3.05) is 0 Å². The Morgan fingerprint density at radius 1 is 0.205 bits per heavy atom. The van der Waals surface area contributed by atoms with E-state index in [1.807, 2.05) is 0 Å². The average Bonchev–Trinajstić information content (AvgIpc) is 3.10. The summed E-state index contributed by atoms with van der Waals surface area (Å²) in [6, 6.07) is 62.4. The molecule has 9 aromatic carbocycles. The van der Waals surface area contributed by atoms with E-state index in [4.69, 9.17) is 0 Å². The normalized spacial score (nSPS) is 11.6. The number of benzene rings is 9. The number of fused-ring (bicyclic) bond motifs is 6. The molecule has 0 aliphatic rings. The second-order valence-electron chi connectivity index (χ2n) is 11.7. The number of hydrogen-bond acceptors (Lipinski definition) is 0. The van der Waals surface area contributed by atoms with Gasteiger partial charge in [-0.25, -0.2) is 0 Å². The van der Waals surface area contributed by atoms with E-state index in [-0.39, 0.29) is 0 Å². The van der Waals surface area contributed by atoms with Gasteiger partial charge in [0.05, 0.1) is 0 Å². The first-order valence-electron chi connectivity index (χ1n) is 15.3. The summed E-state index contributed by atoms with van der Waals surface area (Å²) in [5, 5.41) is 12.7. The first kappa shape index (κ1) is 24.8. The van der Waals surface area contributed by atoms with Crippen LogP contribution in [-0.2, 0) is 0 Å². The van der Waals surface area contributed by atoms with Crippen LogP contribution in [-0.4, -0.2) is 0 Å². The van der Waals surface area contributed by atoms with Gasteiger partial charge in [0, 0.05) is 0 Å². The Labute approximate surface area is 256 Å². The average molecular weight is 557 g/mol. The van der Waals surface area contributed by atoms with E-state index in [0.717, 1.165) is 0 Å². The Morgan fingerprint density at radius 2 is 0.636 bits per heavy atom. The molecule has 0 heterocycles. The lowest BCUT2D eigenvalue weighted by Gasteiger charge is -2.18. The van der Waals surface area contributed by atoms with Crippen molar-refractivity contribution in [3.8, 4) is 33.4 Å². The number of rotatable bonds is 3. The van der Waals surface area contributed by atoms with Crippen LogP contribution in [0.4, 0.5) is 0 Å². The van der Waals surface area contributed by atoms with Gasteiger partial charge in [-0.15, -0.1) is 0 Å². The minimum Gasteiger partial charge on any atom is -0.0616 e. The second kappa shape index (κ2) is 9.93. The molecule has 0 nitrogen and oxygen atoms in total. The molecule has 0 aliphatic carbocycles. The predicted molar refractivity (Wildman–Crippen MR) is 190 cm³/mol. The van der Waals surface area contributed by atoms with Gasteiger partial charge >= 0.3 is 0 Å². The molecule has 0 heteroatoms. The van der Waals surface area contributed by atoms with Crippen molar-refractivity contribution in [3.05, 3.63) is 170 Å². The molecule has 0 N–H and O–H groups in total. The van der Waals surface area contributed by atoms with Crippen LogP contribution in [0.3, 0.4) is 0 Å². The Kier molecular flexibility index (Phi) is 5.61. The zero-order valence-electron chi connectivity index (χ0n) is 24.2. The lowest BCUT2D eigenvalue weighted by Crippen LogP contribution is -1.91. The van der Waals surface area contributed by atoms with E-state index >= 15 is 0 Å². The predicted octanol–water partition coefficient (Wildman–Crippen LogP) is 12.5. The lowest BCUT2D eigenvalue weighted by atomic mass is 9.85. The molecule has 0 spiro atoms. The summed E-state index contributed by atoms with van der Waals surface area (Å²) >= 11 is 0. The smallest absolute Gasteiger partial charge is 0.00261 e. The maximum Gasteiger partial charge on any atom is -0.00261 e. The minimum atomic E-state index is 1.23. The van der Waals surface area contributed by atoms with Crippen molar-refractivity contribution < 1.29 is 0 Å². The second-order valence-corrected chi connectivity index (χ2v) is 11.7. The van der Waals surface area contributed by atoms with Gasteiger partial charge in [0.2, 0.25) is 0 Å². The third-order valence-corrected chi connectivity index (χ3v) is 9.20. The highest BCUT2D eigenvalue weighted by atomic mass is 14.2. The Hall–Kier alpha value is -5.72.